The molecule has 1 aromatic rings. The van der Waals surface area contributed by atoms with Gasteiger partial charge in [0.25, 0.3) is 0 Å². The molecule has 3 unspecified atom stereocenters. The van der Waals surface area contributed by atoms with Gasteiger partial charge in [0, 0.05) is 4.87 Å². The summed E-state index contributed by atoms with van der Waals surface area (Å²) in [6.07, 6.45) is -3.81. The lowest BCUT2D eigenvalue weighted by Gasteiger charge is -2.67. The van der Waals surface area contributed by atoms with E-state index in [0.29, 0.717) is 11.7 Å². The first kappa shape index (κ1) is 24.9. The predicted molar refractivity (Wildman–Crippen MR) is 118 cm³/mol. The molecule has 1 heterocycles. The molecule has 192 valence electrons. The molecule has 1 aromatic carbocycles. The third-order valence-electron chi connectivity index (χ3n) is 8.64. The van der Waals surface area contributed by atoms with Gasteiger partial charge < -0.3 is 35.1 Å². The quantitative estimate of drug-likeness (QED) is 0.191. The maximum Gasteiger partial charge on any atom is 0.335 e. The molecule has 5 N–H and O–H groups in total. The van der Waals surface area contributed by atoms with Gasteiger partial charge in [-0.15, -0.1) is 11.6 Å². The van der Waals surface area contributed by atoms with Crippen LogP contribution in [0.2, 0.25) is 0 Å². The molecule has 1 saturated heterocycles. The van der Waals surface area contributed by atoms with E-state index in [4.69, 9.17) is 26.1 Å². The zero-order valence-electron chi connectivity index (χ0n) is 19.0. The van der Waals surface area contributed by atoms with Crippen LogP contribution in [0.25, 0.3) is 0 Å². The minimum absolute atomic E-state index is 0.0280. The Morgan fingerprint density at radius 1 is 1.23 bits per heavy atom. The van der Waals surface area contributed by atoms with Crippen molar-refractivity contribution >= 4 is 23.9 Å². The number of carboxylic acid groups (broad SMARTS) is 1. The van der Waals surface area contributed by atoms with E-state index in [-0.39, 0.29) is 34.1 Å². The molecule has 7 atom stereocenters. The molecule has 0 amide bonds. The van der Waals surface area contributed by atoms with E-state index in [2.05, 4.69) is 0 Å². The van der Waals surface area contributed by atoms with Crippen LogP contribution in [-0.4, -0.2) is 73.7 Å². The van der Waals surface area contributed by atoms with Gasteiger partial charge in [-0.05, 0) is 73.1 Å². The fraction of sp³-hybridized carbons (Fsp3) is 0.667. The fourth-order valence-corrected chi connectivity index (χ4v) is 7.79. The number of benzene rings is 1. The topological polar surface area (TPSA) is 163 Å². The lowest BCUT2D eigenvalue weighted by Crippen LogP contribution is -2.70. The number of alkyl halides is 1. The highest BCUT2D eigenvalue weighted by atomic mass is 35.5. The molecule has 1 spiro atoms. The van der Waals surface area contributed by atoms with Gasteiger partial charge in [-0.1, -0.05) is 6.07 Å². The van der Waals surface area contributed by atoms with Crippen molar-refractivity contribution < 1.29 is 49.6 Å². The van der Waals surface area contributed by atoms with E-state index in [0.717, 1.165) is 32.1 Å². The van der Waals surface area contributed by atoms with Crippen molar-refractivity contribution in [3.63, 3.8) is 0 Å². The highest BCUT2D eigenvalue weighted by molar-refractivity contribution is 6.24. The third kappa shape index (κ3) is 3.46. The van der Waals surface area contributed by atoms with Crippen LogP contribution < -0.4 is 4.74 Å². The first-order valence-electron chi connectivity index (χ1n) is 11.7. The van der Waals surface area contributed by atoms with Crippen LogP contribution in [0.15, 0.2) is 18.2 Å². The normalized spacial score (nSPS) is 39.4. The standard InChI is InChI=1S/C24H29ClO10/c1-33-14-2-3-16(23(32,17(27)10-26)19(29)18(28)21(30)31)15(6-14)20-24(35-34-20)12-4-11-5-13(24)9-22(25,7-11)8-12/h2-3,6,10-13,17-20,27-29,32H,4-5,7-9H2,1H3,(H,30,31)/t11?,12?,13?,17-,18-,19+,20?,22?,23+,24?/m0/s1. The van der Waals surface area contributed by atoms with E-state index < -0.39 is 41.6 Å². The van der Waals surface area contributed by atoms with E-state index in [1.807, 2.05) is 0 Å². The molecule has 5 aliphatic rings. The number of aliphatic hydroxyl groups excluding tert-OH is 3. The summed E-state index contributed by atoms with van der Waals surface area (Å²) in [5.74, 6) is -0.877. The van der Waals surface area contributed by atoms with Gasteiger partial charge in [0.1, 0.15) is 23.6 Å². The highest BCUT2D eigenvalue weighted by Gasteiger charge is 2.71. The average molecular weight is 513 g/mol. The Balaban J connectivity index is 1.63. The summed E-state index contributed by atoms with van der Waals surface area (Å²) >= 11 is 6.91. The maximum absolute atomic E-state index is 11.6. The van der Waals surface area contributed by atoms with Crippen LogP contribution in [0.1, 0.15) is 49.3 Å². The molecule has 4 bridgehead atoms. The van der Waals surface area contributed by atoms with Gasteiger partial charge in [-0.25, -0.2) is 14.6 Å². The summed E-state index contributed by atoms with van der Waals surface area (Å²) < 4.78 is 5.35. The first-order chi connectivity index (χ1) is 16.5. The minimum atomic E-state index is -2.87. The molecule has 4 saturated carbocycles. The van der Waals surface area contributed by atoms with Crippen LogP contribution in [0, 0.1) is 17.8 Å². The molecule has 1 aliphatic heterocycles. The number of carbonyl (C=O) groups excluding carboxylic acids is 1. The number of aliphatic carboxylic acids is 1. The number of halogens is 1. The molecule has 35 heavy (non-hydrogen) atoms. The summed E-state index contributed by atoms with van der Waals surface area (Å²) in [4.78, 5) is 34.2. The second-order valence-corrected chi connectivity index (χ2v) is 11.3. The number of carbonyl (C=O) groups is 2. The molecule has 11 heteroatoms. The fourth-order valence-electron chi connectivity index (χ4n) is 7.19. The van der Waals surface area contributed by atoms with Crippen molar-refractivity contribution in [2.45, 2.75) is 72.6 Å². The van der Waals surface area contributed by atoms with Crippen molar-refractivity contribution in [2.75, 3.05) is 7.11 Å². The number of aldehydes is 1. The van der Waals surface area contributed by atoms with Crippen molar-refractivity contribution in [1.82, 2.24) is 0 Å². The second kappa shape index (κ2) is 8.37. The van der Waals surface area contributed by atoms with Gasteiger partial charge in [0.2, 0.25) is 0 Å². The summed E-state index contributed by atoms with van der Waals surface area (Å²) in [6.45, 7) is 0. The van der Waals surface area contributed by atoms with Crippen molar-refractivity contribution in [2.24, 2.45) is 17.8 Å². The zero-order chi connectivity index (χ0) is 25.3. The van der Waals surface area contributed by atoms with Crippen LogP contribution in [0.5, 0.6) is 5.75 Å². The lowest BCUT2D eigenvalue weighted by molar-refractivity contribution is -0.551. The summed E-state index contributed by atoms with van der Waals surface area (Å²) in [7, 11) is 1.43. The second-order valence-electron chi connectivity index (χ2n) is 10.5. The van der Waals surface area contributed by atoms with Gasteiger partial charge >= 0.3 is 5.97 Å². The molecule has 0 aromatic heterocycles. The summed E-state index contributed by atoms with van der Waals surface area (Å²) in [5, 5.41) is 52.0. The molecule has 10 nitrogen and oxygen atoms in total. The highest BCUT2D eigenvalue weighted by Crippen LogP contribution is 2.69. The first-order valence-corrected chi connectivity index (χ1v) is 12.0. The predicted octanol–water partition coefficient (Wildman–Crippen LogP) is 0.808. The number of hydrogen-bond acceptors (Lipinski definition) is 9. The van der Waals surface area contributed by atoms with E-state index >= 15 is 0 Å². The van der Waals surface area contributed by atoms with Crippen LogP contribution in [0.3, 0.4) is 0 Å². The van der Waals surface area contributed by atoms with Gasteiger partial charge in [-0.3, -0.25) is 0 Å². The third-order valence-corrected chi connectivity index (χ3v) is 9.11. The van der Waals surface area contributed by atoms with Crippen molar-refractivity contribution in [1.29, 1.82) is 0 Å². The Hall–Kier alpha value is -1.79. The Labute approximate surface area is 206 Å². The number of aliphatic hydroxyl groups is 4. The molecule has 6 rings (SSSR count). The van der Waals surface area contributed by atoms with Crippen LogP contribution in [0.4, 0.5) is 0 Å². The molecule has 5 fully saturated rings. The van der Waals surface area contributed by atoms with Crippen molar-refractivity contribution in [3.05, 3.63) is 29.3 Å². The average Bonchev–Trinajstić information content (AvgIpc) is 2.80. The summed E-state index contributed by atoms with van der Waals surface area (Å²) in [6, 6.07) is 4.28. The van der Waals surface area contributed by atoms with E-state index in [9.17, 15) is 35.1 Å². The minimum Gasteiger partial charge on any atom is -0.497 e. The molecule has 4 aliphatic carbocycles. The number of carboxylic acids is 1. The largest absolute Gasteiger partial charge is 0.497 e. The van der Waals surface area contributed by atoms with E-state index in [1.54, 1.807) is 0 Å². The Bertz CT molecular complexity index is 1020. The number of methoxy groups -OCH3 is 1. The number of hydrogen-bond donors (Lipinski definition) is 5. The molecular formula is C24H29ClO10. The Kier molecular flexibility index (Phi) is 5.95. The van der Waals surface area contributed by atoms with Gasteiger partial charge in [0.15, 0.2) is 24.1 Å². The van der Waals surface area contributed by atoms with Crippen LogP contribution in [-0.2, 0) is 25.0 Å². The molecule has 0 radical (unpaired) electrons. The monoisotopic (exact) mass is 512 g/mol. The van der Waals surface area contributed by atoms with Crippen LogP contribution >= 0.6 is 11.6 Å². The zero-order valence-corrected chi connectivity index (χ0v) is 19.8. The number of ether oxygens (including phenoxy) is 1. The van der Waals surface area contributed by atoms with Gasteiger partial charge in [-0.2, -0.15) is 0 Å². The number of rotatable bonds is 8. The maximum atomic E-state index is 11.6. The van der Waals surface area contributed by atoms with E-state index in [1.165, 1.54) is 25.3 Å². The Morgan fingerprint density at radius 2 is 1.89 bits per heavy atom. The SMILES string of the molecule is COc1ccc([C@](O)([C@H](O)[C@H](O)C(=O)O)[C@@H](O)C=O)c(C2OOC23C2CC4CC3CC(Cl)(C4)C2)c1. The van der Waals surface area contributed by atoms with Gasteiger partial charge in [0.05, 0.1) is 7.11 Å². The lowest BCUT2D eigenvalue weighted by atomic mass is 9.47. The summed E-state index contributed by atoms with van der Waals surface area (Å²) in [5.41, 5.74) is -3.57. The Morgan fingerprint density at radius 3 is 2.37 bits per heavy atom. The molecular weight excluding hydrogens is 484 g/mol. The smallest absolute Gasteiger partial charge is 0.335 e. The van der Waals surface area contributed by atoms with Crippen molar-refractivity contribution in [3.8, 4) is 5.75 Å².